The molecule has 0 unspecified atom stereocenters. The van der Waals surface area contributed by atoms with Crippen molar-refractivity contribution in [2.24, 2.45) is 5.16 Å². The Labute approximate surface area is 146 Å². The molecule has 0 atom stereocenters. The van der Waals surface area contributed by atoms with E-state index in [0.29, 0.717) is 0 Å². The van der Waals surface area contributed by atoms with E-state index in [-0.39, 0.29) is 5.41 Å². The molecule has 0 fully saturated rings. The molecule has 1 aromatic carbocycles. The summed E-state index contributed by atoms with van der Waals surface area (Å²) in [6.07, 6.45) is 10.6. The van der Waals surface area contributed by atoms with Gasteiger partial charge < -0.3 is 4.84 Å². The van der Waals surface area contributed by atoms with Crippen LogP contribution >= 0.6 is 0 Å². The van der Waals surface area contributed by atoms with Crippen LogP contribution < -0.4 is 0 Å². The van der Waals surface area contributed by atoms with Gasteiger partial charge in [0.1, 0.15) is 7.11 Å². The van der Waals surface area contributed by atoms with E-state index in [4.69, 9.17) is 4.84 Å². The zero-order chi connectivity index (χ0) is 17.7. The Balaban J connectivity index is 2.42. The number of rotatable bonds is 4. The maximum atomic E-state index is 5.07. The summed E-state index contributed by atoms with van der Waals surface area (Å²) < 4.78 is 0. The molecule has 2 rings (SSSR count). The normalized spacial score (nSPS) is 19.7. The molecule has 1 aliphatic rings. The molecule has 0 amide bonds. The molecule has 0 spiro atoms. The molecule has 0 saturated carbocycles. The first-order valence-corrected chi connectivity index (χ1v) is 8.62. The van der Waals surface area contributed by atoms with Gasteiger partial charge in [-0.05, 0) is 61.8 Å². The van der Waals surface area contributed by atoms with Crippen LogP contribution in [0.25, 0.3) is 5.57 Å². The Morgan fingerprint density at radius 2 is 2.00 bits per heavy atom. The molecule has 0 radical (unpaired) electrons. The van der Waals surface area contributed by atoms with Gasteiger partial charge in [0.2, 0.25) is 0 Å². The lowest BCUT2D eigenvalue weighted by Crippen LogP contribution is -2.27. The van der Waals surface area contributed by atoms with Crippen molar-refractivity contribution >= 4 is 11.3 Å². The number of allylic oxidation sites excluding steroid dienone is 6. The van der Waals surface area contributed by atoms with Crippen LogP contribution in [0.15, 0.2) is 53.2 Å². The highest BCUT2D eigenvalue weighted by Gasteiger charge is 2.31. The summed E-state index contributed by atoms with van der Waals surface area (Å²) in [7, 11) is 1.62. The number of benzene rings is 1. The fraction of sp³-hybridized carbons (Fsp3) is 0.409. The lowest BCUT2D eigenvalue weighted by molar-refractivity contribution is 0.212. The summed E-state index contributed by atoms with van der Waals surface area (Å²) in [5.74, 6) is 0. The summed E-state index contributed by atoms with van der Waals surface area (Å²) in [6.45, 7) is 10.9. The predicted molar refractivity (Wildman–Crippen MR) is 104 cm³/mol. The van der Waals surface area contributed by atoms with Crippen molar-refractivity contribution in [1.82, 2.24) is 0 Å². The van der Waals surface area contributed by atoms with Crippen LogP contribution in [0.5, 0.6) is 0 Å². The highest BCUT2D eigenvalue weighted by Crippen LogP contribution is 2.38. The molecule has 128 valence electrons. The highest BCUT2D eigenvalue weighted by atomic mass is 16.6. The van der Waals surface area contributed by atoms with Gasteiger partial charge in [0, 0.05) is 5.56 Å². The van der Waals surface area contributed by atoms with E-state index in [1.54, 1.807) is 7.11 Å². The minimum atomic E-state index is 0.182. The number of hydrogen-bond donors (Lipinski definition) is 0. The molecule has 0 aromatic heterocycles. The van der Waals surface area contributed by atoms with Crippen molar-refractivity contribution in [3.63, 3.8) is 0 Å². The Morgan fingerprint density at radius 1 is 1.25 bits per heavy atom. The second-order valence-corrected chi connectivity index (χ2v) is 7.11. The number of hydrogen-bond acceptors (Lipinski definition) is 2. The molecular formula is C22H29NO. The third-order valence-electron chi connectivity index (χ3n) is 4.86. The second-order valence-electron chi connectivity index (χ2n) is 7.11. The summed E-state index contributed by atoms with van der Waals surface area (Å²) in [4.78, 5) is 5.07. The molecule has 0 aliphatic heterocycles. The van der Waals surface area contributed by atoms with Crippen molar-refractivity contribution in [2.75, 3.05) is 7.11 Å². The molecule has 0 bridgehead atoms. The number of nitrogens with zero attached hydrogens (tertiary/aromatic N) is 1. The summed E-state index contributed by atoms with van der Waals surface area (Å²) in [6, 6.07) is 6.74. The smallest absolute Gasteiger partial charge is 0.106 e. The third-order valence-corrected chi connectivity index (χ3v) is 4.86. The maximum absolute atomic E-state index is 5.07. The molecule has 0 saturated heterocycles. The van der Waals surface area contributed by atoms with Gasteiger partial charge in [-0.2, -0.15) is 0 Å². The molecule has 0 N–H and O–H groups in total. The lowest BCUT2D eigenvalue weighted by Gasteiger charge is -2.33. The molecule has 1 aromatic rings. The van der Waals surface area contributed by atoms with Gasteiger partial charge >= 0.3 is 0 Å². The van der Waals surface area contributed by atoms with Crippen molar-refractivity contribution in [2.45, 2.75) is 52.9 Å². The van der Waals surface area contributed by atoms with Crippen LogP contribution in [-0.2, 0) is 10.3 Å². The first-order chi connectivity index (χ1) is 11.4. The minimum absolute atomic E-state index is 0.182. The largest absolute Gasteiger partial charge is 0.399 e. The van der Waals surface area contributed by atoms with E-state index >= 15 is 0 Å². The Bertz CT molecular complexity index is 717. The monoisotopic (exact) mass is 323 g/mol. The molecule has 24 heavy (non-hydrogen) atoms. The number of fused-ring (bicyclic) bond motifs is 1. The highest BCUT2D eigenvalue weighted by molar-refractivity contribution is 6.03. The van der Waals surface area contributed by atoms with Crippen LogP contribution in [0.4, 0.5) is 0 Å². The van der Waals surface area contributed by atoms with Crippen LogP contribution in [0.1, 0.15) is 64.2 Å². The second kappa shape index (κ2) is 7.65. The van der Waals surface area contributed by atoms with E-state index in [9.17, 15) is 0 Å². The molecule has 2 heteroatoms. The Hall–Kier alpha value is -2.09. The summed E-state index contributed by atoms with van der Waals surface area (Å²) in [5.41, 5.74) is 7.58. The van der Waals surface area contributed by atoms with Crippen LogP contribution in [0.3, 0.4) is 0 Å². The summed E-state index contributed by atoms with van der Waals surface area (Å²) in [5, 5.41) is 4.26. The van der Waals surface area contributed by atoms with Gasteiger partial charge in [0.15, 0.2) is 0 Å². The van der Waals surface area contributed by atoms with Gasteiger partial charge in [-0.3, -0.25) is 0 Å². The van der Waals surface area contributed by atoms with Gasteiger partial charge in [0.25, 0.3) is 0 Å². The third kappa shape index (κ3) is 4.05. The van der Waals surface area contributed by atoms with Gasteiger partial charge in [-0.1, -0.05) is 61.0 Å². The van der Waals surface area contributed by atoms with Crippen LogP contribution in [-0.4, -0.2) is 12.8 Å². The molecule has 0 heterocycles. The van der Waals surface area contributed by atoms with Crippen LogP contribution in [0, 0.1) is 0 Å². The van der Waals surface area contributed by atoms with E-state index in [1.807, 2.05) is 0 Å². The summed E-state index contributed by atoms with van der Waals surface area (Å²) >= 11 is 0. The molecule has 1 aliphatic carbocycles. The Morgan fingerprint density at radius 3 is 2.67 bits per heavy atom. The maximum Gasteiger partial charge on any atom is 0.106 e. The minimum Gasteiger partial charge on any atom is -0.399 e. The fourth-order valence-electron chi connectivity index (χ4n) is 3.06. The first-order valence-electron chi connectivity index (χ1n) is 8.62. The topological polar surface area (TPSA) is 21.6 Å². The average molecular weight is 323 g/mol. The zero-order valence-corrected chi connectivity index (χ0v) is 15.8. The van der Waals surface area contributed by atoms with Gasteiger partial charge in [-0.15, -0.1) is 0 Å². The van der Waals surface area contributed by atoms with E-state index in [2.05, 4.69) is 82.3 Å². The van der Waals surface area contributed by atoms with E-state index < -0.39 is 0 Å². The average Bonchev–Trinajstić information content (AvgIpc) is 2.57. The van der Waals surface area contributed by atoms with Gasteiger partial charge in [0.05, 0.1) is 5.71 Å². The fourth-order valence-corrected chi connectivity index (χ4v) is 3.06. The van der Waals surface area contributed by atoms with Crippen molar-refractivity contribution in [1.29, 1.82) is 0 Å². The quantitative estimate of drug-likeness (QED) is 0.489. The molecule has 2 nitrogen and oxygen atoms in total. The first kappa shape index (κ1) is 18.3. The van der Waals surface area contributed by atoms with E-state index in [0.717, 1.165) is 18.6 Å². The predicted octanol–water partition coefficient (Wildman–Crippen LogP) is 6.03. The Kier molecular flexibility index (Phi) is 5.82. The van der Waals surface area contributed by atoms with Gasteiger partial charge in [-0.25, -0.2) is 0 Å². The van der Waals surface area contributed by atoms with Crippen LogP contribution in [0.2, 0.25) is 0 Å². The SMILES string of the molecule is C/C=C(C)/C=C/C=C(\C)c1ccc2c(c1)/C(=N\OC)CCC2(C)C. The van der Waals surface area contributed by atoms with E-state index in [1.165, 1.54) is 27.8 Å². The zero-order valence-electron chi connectivity index (χ0n) is 15.8. The molecular weight excluding hydrogens is 294 g/mol. The van der Waals surface area contributed by atoms with Crippen molar-refractivity contribution < 1.29 is 4.84 Å². The van der Waals surface area contributed by atoms with Crippen molar-refractivity contribution in [3.8, 4) is 0 Å². The lowest BCUT2D eigenvalue weighted by atomic mass is 9.71. The van der Waals surface area contributed by atoms with Crippen molar-refractivity contribution in [3.05, 3.63) is 64.8 Å². The number of oxime groups is 1. The standard InChI is InChI=1S/C22H29NO/c1-7-16(2)9-8-10-17(3)18-11-12-20-19(15-18)21(23-24-6)13-14-22(20,4)5/h7-12,15H,13-14H2,1-6H3/b9-8+,16-7+,17-10+,23-21-.